The minimum atomic E-state index is -1.48. The highest BCUT2D eigenvalue weighted by Crippen LogP contribution is 2.15. The zero-order valence-electron chi connectivity index (χ0n) is 9.80. The van der Waals surface area contributed by atoms with Crippen LogP contribution in [0, 0.1) is 11.6 Å². The van der Waals surface area contributed by atoms with Crippen LogP contribution < -0.4 is 5.32 Å². The number of carbonyl (C=O) groups excluding carboxylic acids is 1. The molecule has 1 amide bonds. The van der Waals surface area contributed by atoms with E-state index in [1.165, 1.54) is 0 Å². The van der Waals surface area contributed by atoms with Crippen molar-refractivity contribution in [1.82, 2.24) is 5.32 Å². The summed E-state index contributed by atoms with van der Waals surface area (Å²) in [5, 5.41) is 11.3. The molecule has 0 fully saturated rings. The molecule has 0 unspecified atom stereocenters. The second-order valence-electron chi connectivity index (χ2n) is 3.73. The Morgan fingerprint density at radius 1 is 1.22 bits per heavy atom. The first-order valence-electron chi connectivity index (χ1n) is 5.48. The summed E-state index contributed by atoms with van der Waals surface area (Å²) in [7, 11) is 0. The van der Waals surface area contributed by atoms with E-state index in [9.17, 15) is 18.4 Å². The lowest BCUT2D eigenvalue weighted by Crippen LogP contribution is -2.26. The maximum Gasteiger partial charge on any atom is 0.336 e. The van der Waals surface area contributed by atoms with Crippen LogP contribution in [0.4, 0.5) is 8.78 Å². The molecule has 0 radical (unpaired) electrons. The third kappa shape index (κ3) is 3.26. The lowest BCUT2D eigenvalue weighted by atomic mass is 10.1. The van der Waals surface area contributed by atoms with Crippen molar-refractivity contribution < 1.29 is 23.5 Å². The normalized spacial score (nSPS) is 10.2. The molecule has 1 rings (SSSR count). The summed E-state index contributed by atoms with van der Waals surface area (Å²) in [5.74, 6) is -4.74. The van der Waals surface area contributed by atoms with E-state index in [1.54, 1.807) is 0 Å². The summed E-state index contributed by atoms with van der Waals surface area (Å²) >= 11 is 0. The summed E-state index contributed by atoms with van der Waals surface area (Å²) in [6.45, 7) is 2.28. The largest absolute Gasteiger partial charge is 0.478 e. The van der Waals surface area contributed by atoms with Crippen LogP contribution in [0.15, 0.2) is 12.1 Å². The molecule has 1 aromatic carbocycles. The van der Waals surface area contributed by atoms with Crippen LogP contribution in [0.25, 0.3) is 0 Å². The van der Waals surface area contributed by atoms with Crippen molar-refractivity contribution in [3.05, 3.63) is 34.9 Å². The summed E-state index contributed by atoms with van der Waals surface area (Å²) in [6.07, 6.45) is 1.57. The van der Waals surface area contributed by atoms with Gasteiger partial charge in [-0.3, -0.25) is 4.79 Å². The number of rotatable bonds is 5. The highest BCUT2D eigenvalue weighted by molar-refractivity contribution is 6.04. The topological polar surface area (TPSA) is 66.4 Å². The van der Waals surface area contributed by atoms with Crippen molar-refractivity contribution in [3.8, 4) is 0 Å². The van der Waals surface area contributed by atoms with Gasteiger partial charge in [-0.15, -0.1) is 0 Å². The van der Waals surface area contributed by atoms with E-state index in [4.69, 9.17) is 5.11 Å². The van der Waals surface area contributed by atoms with Crippen LogP contribution in [-0.4, -0.2) is 23.5 Å². The average molecular weight is 257 g/mol. The molecular weight excluding hydrogens is 244 g/mol. The fourth-order valence-corrected chi connectivity index (χ4v) is 1.39. The Morgan fingerprint density at radius 2 is 1.78 bits per heavy atom. The molecule has 98 valence electrons. The average Bonchev–Trinajstić information content (AvgIpc) is 2.32. The number of nitrogens with one attached hydrogen (secondary N) is 1. The molecule has 0 heterocycles. The van der Waals surface area contributed by atoms with Crippen LogP contribution >= 0.6 is 0 Å². The third-order valence-corrected chi connectivity index (χ3v) is 2.35. The number of unbranched alkanes of at least 4 members (excludes halogenated alkanes) is 1. The first-order valence-corrected chi connectivity index (χ1v) is 5.48. The summed E-state index contributed by atoms with van der Waals surface area (Å²) in [5.41, 5.74) is -0.930. The zero-order valence-corrected chi connectivity index (χ0v) is 9.80. The van der Waals surface area contributed by atoms with Gasteiger partial charge in [0, 0.05) is 6.54 Å². The number of carboxylic acids is 1. The molecule has 0 saturated carbocycles. The monoisotopic (exact) mass is 257 g/mol. The van der Waals surface area contributed by atoms with Crippen molar-refractivity contribution in [1.29, 1.82) is 0 Å². The molecule has 0 aliphatic rings. The summed E-state index contributed by atoms with van der Waals surface area (Å²) in [6, 6.07) is 1.10. The zero-order chi connectivity index (χ0) is 13.7. The Hall–Kier alpha value is -1.98. The van der Waals surface area contributed by atoms with Gasteiger partial charge in [0.1, 0.15) is 0 Å². The number of benzene rings is 1. The highest BCUT2D eigenvalue weighted by atomic mass is 19.2. The minimum absolute atomic E-state index is 0.355. The summed E-state index contributed by atoms with van der Waals surface area (Å²) in [4.78, 5) is 22.5. The van der Waals surface area contributed by atoms with E-state index in [0.717, 1.165) is 12.8 Å². The van der Waals surface area contributed by atoms with Gasteiger partial charge in [-0.05, 0) is 18.6 Å². The van der Waals surface area contributed by atoms with E-state index < -0.39 is 29.1 Å². The number of aromatic carboxylic acids is 1. The van der Waals surface area contributed by atoms with Gasteiger partial charge in [0.05, 0.1) is 11.1 Å². The molecule has 0 saturated heterocycles. The van der Waals surface area contributed by atoms with E-state index in [0.29, 0.717) is 18.7 Å². The number of hydrogen-bond acceptors (Lipinski definition) is 2. The Labute approximate surface area is 103 Å². The standard InChI is InChI=1S/C12H13F2NO3/c1-2-3-4-15-11(16)7-5-9(13)10(14)6-8(7)12(17)18/h5-6H,2-4H2,1H3,(H,15,16)(H,17,18). The molecule has 18 heavy (non-hydrogen) atoms. The minimum Gasteiger partial charge on any atom is -0.478 e. The van der Waals surface area contributed by atoms with Crippen molar-refractivity contribution in [2.75, 3.05) is 6.54 Å². The quantitative estimate of drug-likeness (QED) is 0.794. The van der Waals surface area contributed by atoms with Crippen molar-refractivity contribution in [2.24, 2.45) is 0 Å². The maximum absolute atomic E-state index is 13.0. The number of halogens is 2. The fraction of sp³-hybridized carbons (Fsp3) is 0.333. The van der Waals surface area contributed by atoms with Crippen LogP contribution in [0.5, 0.6) is 0 Å². The maximum atomic E-state index is 13.0. The lowest BCUT2D eigenvalue weighted by molar-refractivity contribution is 0.0690. The molecule has 0 aliphatic heterocycles. The number of hydrogen-bond donors (Lipinski definition) is 2. The first kappa shape index (κ1) is 14.1. The second kappa shape index (κ2) is 6.09. The summed E-state index contributed by atoms with van der Waals surface area (Å²) < 4.78 is 25.9. The van der Waals surface area contributed by atoms with E-state index in [-0.39, 0.29) is 5.56 Å². The molecule has 0 spiro atoms. The third-order valence-electron chi connectivity index (χ3n) is 2.35. The molecule has 0 bridgehead atoms. The number of carboxylic acid groups (broad SMARTS) is 1. The molecular formula is C12H13F2NO3. The highest BCUT2D eigenvalue weighted by Gasteiger charge is 2.20. The molecule has 0 aliphatic carbocycles. The Bertz CT molecular complexity index is 475. The van der Waals surface area contributed by atoms with E-state index >= 15 is 0 Å². The van der Waals surface area contributed by atoms with E-state index in [2.05, 4.69) is 5.32 Å². The van der Waals surface area contributed by atoms with Gasteiger partial charge in [0.15, 0.2) is 11.6 Å². The molecule has 4 nitrogen and oxygen atoms in total. The van der Waals surface area contributed by atoms with Gasteiger partial charge in [-0.1, -0.05) is 13.3 Å². The van der Waals surface area contributed by atoms with Gasteiger partial charge < -0.3 is 10.4 Å². The van der Waals surface area contributed by atoms with Gasteiger partial charge in [-0.2, -0.15) is 0 Å². The number of carbonyl (C=O) groups is 2. The van der Waals surface area contributed by atoms with Crippen LogP contribution in [0.1, 0.15) is 40.5 Å². The van der Waals surface area contributed by atoms with Gasteiger partial charge in [0.25, 0.3) is 5.91 Å². The Balaban J connectivity index is 3.02. The van der Waals surface area contributed by atoms with E-state index in [1.807, 2.05) is 6.92 Å². The van der Waals surface area contributed by atoms with Gasteiger partial charge >= 0.3 is 5.97 Å². The Kier molecular flexibility index (Phi) is 4.76. The molecule has 6 heteroatoms. The Morgan fingerprint density at radius 3 is 2.28 bits per heavy atom. The molecule has 0 aromatic heterocycles. The molecule has 0 atom stereocenters. The van der Waals surface area contributed by atoms with Crippen LogP contribution in [0.2, 0.25) is 0 Å². The SMILES string of the molecule is CCCCNC(=O)c1cc(F)c(F)cc1C(=O)O. The molecule has 1 aromatic rings. The van der Waals surface area contributed by atoms with Crippen LogP contribution in [0.3, 0.4) is 0 Å². The van der Waals surface area contributed by atoms with Crippen molar-refractivity contribution in [2.45, 2.75) is 19.8 Å². The molecule has 2 N–H and O–H groups in total. The van der Waals surface area contributed by atoms with Crippen LogP contribution in [-0.2, 0) is 0 Å². The van der Waals surface area contributed by atoms with Crippen molar-refractivity contribution >= 4 is 11.9 Å². The predicted molar refractivity (Wildman–Crippen MR) is 60.6 cm³/mol. The first-order chi connectivity index (χ1) is 8.47. The predicted octanol–water partition coefficient (Wildman–Crippen LogP) is 2.19. The number of amides is 1. The van der Waals surface area contributed by atoms with Gasteiger partial charge in [0.2, 0.25) is 0 Å². The van der Waals surface area contributed by atoms with Gasteiger partial charge in [-0.25, -0.2) is 13.6 Å². The van der Waals surface area contributed by atoms with Crippen molar-refractivity contribution in [3.63, 3.8) is 0 Å². The lowest BCUT2D eigenvalue weighted by Gasteiger charge is -2.08. The smallest absolute Gasteiger partial charge is 0.336 e. The second-order valence-corrected chi connectivity index (χ2v) is 3.73. The fourth-order valence-electron chi connectivity index (χ4n) is 1.39.